The molecule has 0 radical (unpaired) electrons. The van der Waals surface area contributed by atoms with Crippen molar-refractivity contribution in [3.63, 3.8) is 0 Å². The molecule has 1 heterocycles. The van der Waals surface area contributed by atoms with Crippen molar-refractivity contribution in [2.24, 2.45) is 0 Å². The molecule has 0 aliphatic carbocycles. The summed E-state index contributed by atoms with van der Waals surface area (Å²) in [7, 11) is 0. The first kappa shape index (κ1) is 15.8. The monoisotopic (exact) mass is 316 g/mol. The highest BCUT2D eigenvalue weighted by Crippen LogP contribution is 2.45. The van der Waals surface area contributed by atoms with E-state index in [-0.39, 0.29) is 26.4 Å². The van der Waals surface area contributed by atoms with Crippen LogP contribution < -0.4 is 9.47 Å². The van der Waals surface area contributed by atoms with Crippen LogP contribution in [0.5, 0.6) is 11.5 Å². The standard InChI is InChI=1S/C18H20O5/c19-9-11-21-16-5-1-14(2-6-16)18(13-23-18)15-3-7-17(8-4-15)22-12-10-20/h1-8,19-20H,9-13H2. The fraction of sp³-hybridized carbons (Fsp3) is 0.333. The first-order valence-corrected chi connectivity index (χ1v) is 7.61. The lowest BCUT2D eigenvalue weighted by Gasteiger charge is -2.14. The van der Waals surface area contributed by atoms with Gasteiger partial charge in [-0.2, -0.15) is 0 Å². The van der Waals surface area contributed by atoms with Gasteiger partial charge < -0.3 is 24.4 Å². The summed E-state index contributed by atoms with van der Waals surface area (Å²) in [4.78, 5) is 0. The van der Waals surface area contributed by atoms with Gasteiger partial charge in [-0.25, -0.2) is 0 Å². The minimum atomic E-state index is -0.398. The molecule has 5 nitrogen and oxygen atoms in total. The molecule has 1 aliphatic heterocycles. The van der Waals surface area contributed by atoms with Gasteiger partial charge in [-0.15, -0.1) is 0 Å². The molecule has 122 valence electrons. The molecular formula is C18H20O5. The molecule has 2 aromatic carbocycles. The predicted octanol–water partition coefficient (Wildman–Crippen LogP) is 1.70. The van der Waals surface area contributed by atoms with Gasteiger partial charge in [0.2, 0.25) is 0 Å². The Bertz CT molecular complexity index is 563. The molecule has 0 unspecified atom stereocenters. The van der Waals surface area contributed by atoms with Gasteiger partial charge in [0, 0.05) is 0 Å². The van der Waals surface area contributed by atoms with Gasteiger partial charge in [-0.3, -0.25) is 0 Å². The zero-order valence-corrected chi connectivity index (χ0v) is 12.8. The maximum Gasteiger partial charge on any atom is 0.142 e. The topological polar surface area (TPSA) is 71.5 Å². The highest BCUT2D eigenvalue weighted by atomic mass is 16.6. The SMILES string of the molecule is OCCOc1ccc(C2(c3ccc(OCCO)cc3)CO2)cc1. The van der Waals surface area contributed by atoms with E-state index in [1.165, 1.54) is 0 Å². The van der Waals surface area contributed by atoms with Gasteiger partial charge >= 0.3 is 0 Å². The van der Waals surface area contributed by atoms with Gasteiger partial charge in [0.25, 0.3) is 0 Å². The van der Waals surface area contributed by atoms with Gasteiger partial charge in [0.1, 0.15) is 30.3 Å². The van der Waals surface area contributed by atoms with E-state index in [4.69, 9.17) is 24.4 Å². The van der Waals surface area contributed by atoms with E-state index in [0.29, 0.717) is 6.61 Å². The van der Waals surface area contributed by atoms with Crippen molar-refractivity contribution in [2.45, 2.75) is 5.60 Å². The molecule has 5 heteroatoms. The van der Waals surface area contributed by atoms with Crippen molar-refractivity contribution >= 4 is 0 Å². The van der Waals surface area contributed by atoms with Crippen LogP contribution in [0.2, 0.25) is 0 Å². The summed E-state index contributed by atoms with van der Waals surface area (Å²) in [6.07, 6.45) is 0. The Hall–Kier alpha value is -2.08. The van der Waals surface area contributed by atoms with Gasteiger partial charge in [0.15, 0.2) is 0 Å². The molecule has 1 fully saturated rings. The number of aliphatic hydroxyl groups excluding tert-OH is 2. The van der Waals surface area contributed by atoms with Crippen LogP contribution in [0, 0.1) is 0 Å². The molecule has 0 aromatic heterocycles. The Balaban J connectivity index is 1.73. The fourth-order valence-electron chi connectivity index (χ4n) is 2.54. The Morgan fingerprint density at radius 1 is 0.783 bits per heavy atom. The zero-order valence-electron chi connectivity index (χ0n) is 12.8. The summed E-state index contributed by atoms with van der Waals surface area (Å²) < 4.78 is 16.5. The third-order valence-electron chi connectivity index (χ3n) is 3.79. The highest BCUT2D eigenvalue weighted by Gasteiger charge is 2.48. The third-order valence-corrected chi connectivity index (χ3v) is 3.79. The number of ether oxygens (including phenoxy) is 3. The molecule has 0 atom stereocenters. The molecule has 0 spiro atoms. The largest absolute Gasteiger partial charge is 0.491 e. The van der Waals surface area contributed by atoms with Gasteiger partial charge in [0.05, 0.1) is 19.8 Å². The molecule has 0 bridgehead atoms. The fourth-order valence-corrected chi connectivity index (χ4v) is 2.54. The summed E-state index contributed by atoms with van der Waals surface area (Å²) in [6, 6.07) is 15.5. The molecule has 1 aliphatic rings. The number of aliphatic hydroxyl groups is 2. The lowest BCUT2D eigenvalue weighted by atomic mass is 9.92. The minimum absolute atomic E-state index is 0.000495. The van der Waals surface area contributed by atoms with Crippen LogP contribution in [-0.4, -0.2) is 43.2 Å². The molecule has 2 N–H and O–H groups in total. The molecule has 23 heavy (non-hydrogen) atoms. The smallest absolute Gasteiger partial charge is 0.142 e. The summed E-state index contributed by atoms with van der Waals surface area (Å²) >= 11 is 0. The van der Waals surface area contributed by atoms with E-state index >= 15 is 0 Å². The molecule has 2 aromatic rings. The van der Waals surface area contributed by atoms with Gasteiger partial charge in [-0.1, -0.05) is 24.3 Å². The lowest BCUT2D eigenvalue weighted by molar-refractivity contribution is 0.201. The van der Waals surface area contributed by atoms with Crippen molar-refractivity contribution in [3.05, 3.63) is 59.7 Å². The van der Waals surface area contributed by atoms with E-state index in [1.54, 1.807) is 0 Å². The van der Waals surface area contributed by atoms with E-state index in [0.717, 1.165) is 22.6 Å². The van der Waals surface area contributed by atoms with Crippen molar-refractivity contribution in [2.75, 3.05) is 33.0 Å². The Morgan fingerprint density at radius 3 is 1.48 bits per heavy atom. The second-order valence-electron chi connectivity index (χ2n) is 5.31. The third kappa shape index (κ3) is 3.47. The Labute approximate surface area is 135 Å². The van der Waals surface area contributed by atoms with Crippen LogP contribution in [0.3, 0.4) is 0 Å². The van der Waals surface area contributed by atoms with Crippen molar-refractivity contribution in [1.82, 2.24) is 0 Å². The second kappa shape index (κ2) is 7.00. The quantitative estimate of drug-likeness (QED) is 0.725. The van der Waals surface area contributed by atoms with Crippen molar-refractivity contribution < 1.29 is 24.4 Å². The van der Waals surface area contributed by atoms with E-state index in [1.807, 2.05) is 48.5 Å². The maximum atomic E-state index is 8.78. The summed E-state index contributed by atoms with van der Waals surface area (Å²) in [5.41, 5.74) is 1.74. The molecule has 3 rings (SSSR count). The summed E-state index contributed by atoms with van der Waals surface area (Å²) in [5.74, 6) is 1.46. The average molecular weight is 316 g/mol. The normalized spacial score (nSPS) is 15.2. The highest BCUT2D eigenvalue weighted by molar-refractivity contribution is 5.44. The maximum absolute atomic E-state index is 8.78. The Kier molecular flexibility index (Phi) is 4.81. The van der Waals surface area contributed by atoms with Crippen molar-refractivity contribution in [3.8, 4) is 11.5 Å². The number of hydrogen-bond donors (Lipinski definition) is 2. The van der Waals surface area contributed by atoms with Crippen molar-refractivity contribution in [1.29, 1.82) is 0 Å². The first-order chi connectivity index (χ1) is 11.3. The van der Waals surface area contributed by atoms with E-state index in [9.17, 15) is 0 Å². The van der Waals surface area contributed by atoms with Crippen LogP contribution in [0.25, 0.3) is 0 Å². The van der Waals surface area contributed by atoms with Crippen LogP contribution in [0.15, 0.2) is 48.5 Å². The zero-order chi connectivity index (χ0) is 16.1. The van der Waals surface area contributed by atoms with E-state index < -0.39 is 5.60 Å². The number of epoxide rings is 1. The van der Waals surface area contributed by atoms with E-state index in [2.05, 4.69) is 0 Å². The summed E-state index contributed by atoms with van der Waals surface area (Å²) in [6.45, 7) is 1.21. The average Bonchev–Trinajstić information content (AvgIpc) is 3.41. The predicted molar refractivity (Wildman–Crippen MR) is 84.8 cm³/mol. The number of hydrogen-bond acceptors (Lipinski definition) is 5. The Morgan fingerprint density at radius 2 is 1.17 bits per heavy atom. The minimum Gasteiger partial charge on any atom is -0.491 e. The van der Waals surface area contributed by atoms with Crippen LogP contribution in [-0.2, 0) is 10.3 Å². The second-order valence-corrected chi connectivity index (χ2v) is 5.31. The number of benzene rings is 2. The van der Waals surface area contributed by atoms with Crippen LogP contribution >= 0.6 is 0 Å². The van der Waals surface area contributed by atoms with Crippen LogP contribution in [0.4, 0.5) is 0 Å². The molecule has 1 saturated heterocycles. The first-order valence-electron chi connectivity index (χ1n) is 7.61. The van der Waals surface area contributed by atoms with Gasteiger partial charge in [-0.05, 0) is 35.4 Å². The lowest BCUT2D eigenvalue weighted by Crippen LogP contribution is -2.11. The summed E-state index contributed by atoms with van der Waals surface area (Å²) in [5, 5.41) is 17.6. The van der Waals surface area contributed by atoms with Crippen LogP contribution in [0.1, 0.15) is 11.1 Å². The number of rotatable bonds is 8. The molecule has 0 saturated carbocycles. The molecular weight excluding hydrogens is 296 g/mol. The molecule has 0 amide bonds.